The maximum Gasteiger partial charge on any atom is 0.240 e. The Balaban J connectivity index is 0.00000312. The molecule has 25 heavy (non-hydrogen) atoms. The minimum Gasteiger partial charge on any atom is -0.393 e. The summed E-state index contributed by atoms with van der Waals surface area (Å²) in [5, 5.41) is 12.6. The van der Waals surface area contributed by atoms with Crippen LogP contribution in [0.3, 0.4) is 0 Å². The van der Waals surface area contributed by atoms with Crippen molar-refractivity contribution in [3.63, 3.8) is 0 Å². The number of hydrogen-bond donors (Lipinski definition) is 3. The van der Waals surface area contributed by atoms with Crippen molar-refractivity contribution < 1.29 is 9.90 Å². The third-order valence-electron chi connectivity index (χ3n) is 4.80. The number of carbonyl (C=O) groups is 1. The van der Waals surface area contributed by atoms with Gasteiger partial charge in [0, 0.05) is 26.2 Å². The maximum absolute atomic E-state index is 12.3. The molecule has 1 aliphatic heterocycles. The van der Waals surface area contributed by atoms with Gasteiger partial charge in [0.05, 0.1) is 11.6 Å². The monoisotopic (exact) mass is 369 g/mol. The third kappa shape index (κ3) is 6.59. The molecule has 0 spiro atoms. The molecule has 0 aliphatic carbocycles. The number of carbonyl (C=O) groups excluding carboxylic acids is 1. The molecular weight excluding hydrogens is 338 g/mol. The van der Waals surface area contributed by atoms with Crippen LogP contribution in [0.5, 0.6) is 0 Å². The summed E-state index contributed by atoms with van der Waals surface area (Å²) in [4.78, 5) is 14.6. The van der Waals surface area contributed by atoms with Gasteiger partial charge in [0.1, 0.15) is 0 Å². The fourth-order valence-corrected chi connectivity index (χ4v) is 3.21. The summed E-state index contributed by atoms with van der Waals surface area (Å²) < 4.78 is 0. The van der Waals surface area contributed by atoms with Gasteiger partial charge in [-0.3, -0.25) is 9.69 Å². The summed E-state index contributed by atoms with van der Waals surface area (Å²) in [6.45, 7) is 7.01. The smallest absolute Gasteiger partial charge is 0.240 e. The molecule has 1 atom stereocenters. The first-order chi connectivity index (χ1) is 11.4. The van der Waals surface area contributed by atoms with Gasteiger partial charge >= 0.3 is 0 Å². The van der Waals surface area contributed by atoms with Crippen LogP contribution in [-0.4, -0.2) is 40.6 Å². The molecule has 142 valence electrons. The predicted molar refractivity (Wildman–Crippen MR) is 104 cm³/mol. The Hall–Kier alpha value is -1.14. The lowest BCUT2D eigenvalue weighted by Crippen LogP contribution is -2.51. The Morgan fingerprint density at radius 3 is 2.52 bits per heavy atom. The third-order valence-corrected chi connectivity index (χ3v) is 4.80. The molecule has 1 aliphatic rings. The molecule has 1 heterocycles. The average molecular weight is 370 g/mol. The number of nitrogens with one attached hydrogen (secondary N) is 1. The minimum atomic E-state index is -0.813. The molecule has 1 amide bonds. The van der Waals surface area contributed by atoms with Gasteiger partial charge < -0.3 is 16.2 Å². The van der Waals surface area contributed by atoms with Crippen molar-refractivity contribution in [1.29, 1.82) is 0 Å². The lowest BCUT2D eigenvalue weighted by molar-refractivity contribution is -0.126. The minimum absolute atomic E-state index is 0. The van der Waals surface area contributed by atoms with E-state index in [2.05, 4.69) is 22.3 Å². The van der Waals surface area contributed by atoms with Crippen molar-refractivity contribution in [1.82, 2.24) is 10.2 Å². The molecule has 0 saturated carbocycles. The first-order valence-corrected chi connectivity index (χ1v) is 8.96. The Kier molecular flexibility index (Phi) is 8.86. The number of benzene rings is 1. The summed E-state index contributed by atoms with van der Waals surface area (Å²) in [5.41, 5.74) is 7.63. The fourth-order valence-electron chi connectivity index (χ4n) is 3.21. The zero-order chi connectivity index (χ0) is 17.6. The summed E-state index contributed by atoms with van der Waals surface area (Å²) in [6.07, 6.45) is 3.08. The van der Waals surface area contributed by atoms with Crippen LogP contribution in [0.4, 0.5) is 0 Å². The molecular formula is C19H32ClN3O2. The Bertz CT molecular complexity index is 543. The van der Waals surface area contributed by atoms with Crippen LogP contribution in [-0.2, 0) is 17.9 Å². The molecule has 1 unspecified atom stereocenters. The number of nitrogens with zero attached hydrogens (tertiary/aromatic N) is 1. The molecule has 0 aromatic heterocycles. The van der Waals surface area contributed by atoms with E-state index in [0.29, 0.717) is 13.0 Å². The summed E-state index contributed by atoms with van der Waals surface area (Å²) >= 11 is 0. The zero-order valence-electron chi connectivity index (χ0n) is 15.3. The Morgan fingerprint density at radius 1 is 1.32 bits per heavy atom. The van der Waals surface area contributed by atoms with Gasteiger partial charge in [-0.2, -0.15) is 0 Å². The van der Waals surface area contributed by atoms with E-state index >= 15 is 0 Å². The van der Waals surface area contributed by atoms with Crippen LogP contribution in [0.1, 0.15) is 50.7 Å². The lowest BCUT2D eigenvalue weighted by atomic mass is 9.96. The summed E-state index contributed by atoms with van der Waals surface area (Å²) in [6, 6.07) is 8.20. The number of amides is 1. The van der Waals surface area contributed by atoms with Gasteiger partial charge in [-0.25, -0.2) is 0 Å². The molecule has 1 saturated heterocycles. The highest BCUT2D eigenvalue weighted by atomic mass is 35.5. The lowest BCUT2D eigenvalue weighted by Gasteiger charge is -2.30. The van der Waals surface area contributed by atoms with Gasteiger partial charge in [-0.1, -0.05) is 37.6 Å². The molecule has 2 rings (SSSR count). The molecule has 4 N–H and O–H groups in total. The van der Waals surface area contributed by atoms with Crippen molar-refractivity contribution in [3.05, 3.63) is 35.4 Å². The quantitative estimate of drug-likeness (QED) is 0.688. The number of aliphatic hydroxyl groups is 1. The molecule has 5 nitrogen and oxygen atoms in total. The zero-order valence-corrected chi connectivity index (χ0v) is 16.1. The van der Waals surface area contributed by atoms with Crippen molar-refractivity contribution in [2.24, 2.45) is 5.73 Å². The van der Waals surface area contributed by atoms with E-state index in [1.807, 2.05) is 19.1 Å². The van der Waals surface area contributed by atoms with E-state index in [-0.39, 0.29) is 24.4 Å². The second-order valence-electron chi connectivity index (χ2n) is 7.13. The normalized spacial score (nSPS) is 18.2. The average Bonchev–Trinajstić information content (AvgIpc) is 2.55. The SMILES string of the molecule is CCCC(C)(N)C(=O)NCc1ccccc1CN1CCC(O)CC1.Cl. The number of rotatable bonds is 7. The van der Waals surface area contributed by atoms with E-state index in [1.165, 1.54) is 5.56 Å². The highest BCUT2D eigenvalue weighted by Crippen LogP contribution is 2.17. The van der Waals surface area contributed by atoms with E-state index < -0.39 is 5.54 Å². The van der Waals surface area contributed by atoms with Crippen LogP contribution < -0.4 is 11.1 Å². The van der Waals surface area contributed by atoms with Crippen molar-refractivity contribution in [3.8, 4) is 0 Å². The second-order valence-corrected chi connectivity index (χ2v) is 7.13. The van der Waals surface area contributed by atoms with Crippen molar-refractivity contribution >= 4 is 18.3 Å². The summed E-state index contributed by atoms with van der Waals surface area (Å²) in [7, 11) is 0. The number of likely N-dealkylation sites (tertiary alicyclic amines) is 1. The first-order valence-electron chi connectivity index (χ1n) is 8.96. The molecule has 0 bridgehead atoms. The van der Waals surface area contributed by atoms with Crippen molar-refractivity contribution in [2.75, 3.05) is 13.1 Å². The van der Waals surface area contributed by atoms with Gasteiger partial charge in [0.15, 0.2) is 0 Å². The molecule has 6 heteroatoms. The number of piperidine rings is 1. The maximum atomic E-state index is 12.3. The van der Waals surface area contributed by atoms with Gasteiger partial charge in [-0.05, 0) is 37.3 Å². The van der Waals surface area contributed by atoms with Crippen molar-refractivity contribution in [2.45, 2.75) is 64.3 Å². The Labute approximate surface area is 157 Å². The molecule has 1 fully saturated rings. The van der Waals surface area contributed by atoms with Gasteiger partial charge in [0.25, 0.3) is 0 Å². The number of halogens is 1. The predicted octanol–water partition coefficient (Wildman–Crippen LogP) is 2.20. The summed E-state index contributed by atoms with van der Waals surface area (Å²) in [5.74, 6) is -0.0970. The topological polar surface area (TPSA) is 78.6 Å². The Morgan fingerprint density at radius 2 is 1.92 bits per heavy atom. The molecule has 1 aromatic rings. The molecule has 0 radical (unpaired) electrons. The van der Waals surface area contributed by atoms with Crippen LogP contribution in [0.2, 0.25) is 0 Å². The first kappa shape index (κ1) is 21.9. The van der Waals surface area contributed by atoms with Crippen LogP contribution in [0.25, 0.3) is 0 Å². The highest BCUT2D eigenvalue weighted by molar-refractivity contribution is 5.85. The fraction of sp³-hybridized carbons (Fsp3) is 0.632. The van der Waals surface area contributed by atoms with Crippen LogP contribution in [0.15, 0.2) is 24.3 Å². The second kappa shape index (κ2) is 10.1. The van der Waals surface area contributed by atoms with E-state index in [4.69, 9.17) is 5.73 Å². The largest absolute Gasteiger partial charge is 0.393 e. The van der Waals surface area contributed by atoms with Gasteiger partial charge in [-0.15, -0.1) is 12.4 Å². The van der Waals surface area contributed by atoms with Crippen LogP contribution >= 0.6 is 12.4 Å². The number of aliphatic hydroxyl groups excluding tert-OH is 1. The van der Waals surface area contributed by atoms with E-state index in [0.717, 1.165) is 44.5 Å². The van der Waals surface area contributed by atoms with Gasteiger partial charge in [0.2, 0.25) is 5.91 Å². The highest BCUT2D eigenvalue weighted by Gasteiger charge is 2.27. The van der Waals surface area contributed by atoms with E-state index in [1.54, 1.807) is 6.92 Å². The van der Waals surface area contributed by atoms with Crippen LogP contribution in [0, 0.1) is 0 Å². The standard InChI is InChI=1S/C19H31N3O2.ClH/c1-3-10-19(2,20)18(24)21-13-15-6-4-5-7-16(15)14-22-11-8-17(23)9-12-22;/h4-7,17,23H,3,8-14,20H2,1-2H3,(H,21,24);1H. The molecule has 1 aromatic carbocycles. The number of hydrogen-bond acceptors (Lipinski definition) is 4. The number of nitrogens with two attached hydrogens (primary N) is 1. The van der Waals surface area contributed by atoms with E-state index in [9.17, 15) is 9.90 Å².